The van der Waals surface area contributed by atoms with Crippen molar-refractivity contribution in [3.05, 3.63) is 94.4 Å². The summed E-state index contributed by atoms with van der Waals surface area (Å²) in [6.07, 6.45) is 1.82. The average molecular weight is 415 g/mol. The Labute approximate surface area is 182 Å². The fraction of sp³-hybridized carbons (Fsp3) is 0.280. The number of aromatic nitrogens is 1. The molecule has 5 nitrogen and oxygen atoms in total. The monoisotopic (exact) mass is 415 g/mol. The Morgan fingerprint density at radius 2 is 1.48 bits per heavy atom. The molecule has 6 heteroatoms. The lowest BCUT2D eigenvalue weighted by atomic mass is 9.78. The van der Waals surface area contributed by atoms with Crippen LogP contribution >= 0.6 is 0 Å². The zero-order valence-electron chi connectivity index (χ0n) is 18.3. The molecule has 1 fully saturated rings. The highest BCUT2D eigenvalue weighted by Crippen LogP contribution is 2.36. The first kappa shape index (κ1) is 21.3. The molecule has 0 spiro atoms. The number of pyridine rings is 1. The standard InChI is InChI=1S/C25H26BNO4/c1-24(2)25(3,4)31-26(30-24)19-14-12-18(13-15-19)17-22(28)21-11-8-16-27(23(21)29)20-9-6-5-7-10-20/h5-16H,17H2,1-4H3. The maximum Gasteiger partial charge on any atom is 0.494 e. The third-order valence-corrected chi connectivity index (χ3v) is 6.15. The summed E-state index contributed by atoms with van der Waals surface area (Å²) in [4.78, 5) is 25.7. The fourth-order valence-electron chi connectivity index (χ4n) is 3.55. The molecule has 0 bridgehead atoms. The maximum atomic E-state index is 12.9. The number of ketones is 1. The van der Waals surface area contributed by atoms with Crippen LogP contribution in [-0.4, -0.2) is 28.7 Å². The van der Waals surface area contributed by atoms with Gasteiger partial charge in [-0.3, -0.25) is 14.2 Å². The third kappa shape index (κ3) is 4.14. The molecule has 0 amide bonds. The third-order valence-electron chi connectivity index (χ3n) is 6.15. The molecule has 0 radical (unpaired) electrons. The van der Waals surface area contributed by atoms with Crippen LogP contribution in [0.3, 0.4) is 0 Å². The van der Waals surface area contributed by atoms with Gasteiger partial charge in [-0.05, 0) is 63.0 Å². The SMILES string of the molecule is CC1(C)OB(c2ccc(CC(=O)c3cccn(-c4ccccc4)c3=O)cc2)OC1(C)C. The molecule has 1 aromatic heterocycles. The number of rotatable bonds is 5. The molecule has 31 heavy (non-hydrogen) atoms. The first-order valence-electron chi connectivity index (χ1n) is 10.4. The minimum absolute atomic E-state index is 0.150. The van der Waals surface area contributed by atoms with Crippen LogP contribution in [0.25, 0.3) is 5.69 Å². The smallest absolute Gasteiger partial charge is 0.399 e. The summed E-state index contributed by atoms with van der Waals surface area (Å²) in [6, 6.07) is 20.2. The van der Waals surface area contributed by atoms with E-state index in [0.29, 0.717) is 0 Å². The van der Waals surface area contributed by atoms with Crippen molar-refractivity contribution in [2.24, 2.45) is 0 Å². The van der Waals surface area contributed by atoms with E-state index in [-0.39, 0.29) is 23.3 Å². The predicted octanol–water partition coefficient (Wildman–Crippen LogP) is 3.56. The van der Waals surface area contributed by atoms with Gasteiger partial charge in [0, 0.05) is 18.3 Å². The van der Waals surface area contributed by atoms with Crippen LogP contribution in [0.5, 0.6) is 0 Å². The van der Waals surface area contributed by atoms with E-state index < -0.39 is 18.3 Å². The van der Waals surface area contributed by atoms with Crippen LogP contribution in [0, 0.1) is 0 Å². The van der Waals surface area contributed by atoms with Crippen molar-refractivity contribution in [2.75, 3.05) is 0 Å². The Bertz CT molecular complexity index is 1130. The van der Waals surface area contributed by atoms with E-state index in [0.717, 1.165) is 16.7 Å². The number of benzene rings is 2. The molecule has 0 saturated carbocycles. The van der Waals surface area contributed by atoms with Crippen LogP contribution in [-0.2, 0) is 15.7 Å². The fourth-order valence-corrected chi connectivity index (χ4v) is 3.55. The normalized spacial score (nSPS) is 17.0. The predicted molar refractivity (Wildman–Crippen MR) is 122 cm³/mol. The summed E-state index contributed by atoms with van der Waals surface area (Å²) in [5.74, 6) is -0.210. The van der Waals surface area contributed by atoms with Gasteiger partial charge in [0.05, 0.1) is 16.8 Å². The second-order valence-electron chi connectivity index (χ2n) is 8.86. The minimum atomic E-state index is -0.443. The number of carbonyl (C=O) groups excluding carboxylic acids is 1. The highest BCUT2D eigenvalue weighted by atomic mass is 16.7. The van der Waals surface area contributed by atoms with Crippen molar-refractivity contribution in [1.82, 2.24) is 4.57 Å². The summed E-state index contributed by atoms with van der Waals surface area (Å²) in [6.45, 7) is 8.06. The molecule has 2 heterocycles. The number of para-hydroxylation sites is 1. The van der Waals surface area contributed by atoms with Gasteiger partial charge < -0.3 is 9.31 Å². The molecule has 0 N–H and O–H groups in total. The van der Waals surface area contributed by atoms with Crippen molar-refractivity contribution in [3.63, 3.8) is 0 Å². The molecule has 158 valence electrons. The van der Waals surface area contributed by atoms with Gasteiger partial charge in [-0.15, -0.1) is 0 Å². The van der Waals surface area contributed by atoms with E-state index in [9.17, 15) is 9.59 Å². The van der Waals surface area contributed by atoms with Crippen molar-refractivity contribution in [3.8, 4) is 5.69 Å². The van der Waals surface area contributed by atoms with Gasteiger partial charge in [-0.25, -0.2) is 0 Å². The van der Waals surface area contributed by atoms with E-state index in [2.05, 4.69) is 0 Å². The highest BCUT2D eigenvalue weighted by molar-refractivity contribution is 6.62. The van der Waals surface area contributed by atoms with Crippen LogP contribution in [0.4, 0.5) is 0 Å². The second kappa shape index (κ2) is 7.95. The van der Waals surface area contributed by atoms with Crippen molar-refractivity contribution in [2.45, 2.75) is 45.3 Å². The van der Waals surface area contributed by atoms with E-state index in [1.807, 2.05) is 82.3 Å². The maximum absolute atomic E-state index is 12.9. The molecule has 1 saturated heterocycles. The summed E-state index contributed by atoms with van der Waals surface area (Å²) >= 11 is 0. The molecule has 0 atom stereocenters. The Kier molecular flexibility index (Phi) is 5.46. The average Bonchev–Trinajstić information content (AvgIpc) is 2.96. The van der Waals surface area contributed by atoms with Gasteiger partial charge in [0.1, 0.15) is 0 Å². The second-order valence-corrected chi connectivity index (χ2v) is 8.86. The van der Waals surface area contributed by atoms with Gasteiger partial charge in [0.2, 0.25) is 0 Å². The van der Waals surface area contributed by atoms with Crippen LogP contribution < -0.4 is 11.0 Å². The molecule has 0 unspecified atom stereocenters. The molecular formula is C25H26BNO4. The van der Waals surface area contributed by atoms with Crippen LogP contribution in [0.1, 0.15) is 43.6 Å². The number of carbonyl (C=O) groups is 1. The van der Waals surface area contributed by atoms with E-state index in [4.69, 9.17) is 9.31 Å². The number of nitrogens with zero attached hydrogens (tertiary/aromatic N) is 1. The Morgan fingerprint density at radius 3 is 2.10 bits per heavy atom. The topological polar surface area (TPSA) is 57.5 Å². The summed E-state index contributed by atoms with van der Waals surface area (Å²) in [5, 5.41) is 0. The van der Waals surface area contributed by atoms with Crippen LogP contribution in [0.15, 0.2) is 77.7 Å². The number of hydrogen-bond donors (Lipinski definition) is 0. The van der Waals surface area contributed by atoms with E-state index in [1.54, 1.807) is 18.3 Å². The molecule has 1 aliphatic heterocycles. The van der Waals surface area contributed by atoms with Crippen molar-refractivity contribution < 1.29 is 14.1 Å². The van der Waals surface area contributed by atoms with Gasteiger partial charge >= 0.3 is 7.12 Å². The largest absolute Gasteiger partial charge is 0.494 e. The molecule has 2 aromatic carbocycles. The zero-order chi connectivity index (χ0) is 22.2. The molecular weight excluding hydrogens is 389 g/mol. The lowest BCUT2D eigenvalue weighted by Gasteiger charge is -2.32. The number of Topliss-reactive ketones (excluding diaryl/α,β-unsaturated/α-hetero) is 1. The minimum Gasteiger partial charge on any atom is -0.399 e. The molecule has 0 aliphatic carbocycles. The van der Waals surface area contributed by atoms with Gasteiger partial charge in [0.25, 0.3) is 5.56 Å². The van der Waals surface area contributed by atoms with Gasteiger partial charge in [0.15, 0.2) is 5.78 Å². The quantitative estimate of drug-likeness (QED) is 0.472. The van der Waals surface area contributed by atoms with E-state index >= 15 is 0 Å². The van der Waals surface area contributed by atoms with E-state index in [1.165, 1.54) is 4.57 Å². The lowest BCUT2D eigenvalue weighted by Crippen LogP contribution is -2.41. The van der Waals surface area contributed by atoms with Gasteiger partial charge in [-0.2, -0.15) is 0 Å². The summed E-state index contributed by atoms with van der Waals surface area (Å²) in [7, 11) is -0.443. The summed E-state index contributed by atoms with van der Waals surface area (Å²) < 4.78 is 13.7. The highest BCUT2D eigenvalue weighted by Gasteiger charge is 2.51. The number of hydrogen-bond acceptors (Lipinski definition) is 4. The Hall–Kier alpha value is -2.96. The van der Waals surface area contributed by atoms with Crippen molar-refractivity contribution in [1.29, 1.82) is 0 Å². The zero-order valence-corrected chi connectivity index (χ0v) is 18.3. The molecule has 1 aliphatic rings. The first-order valence-corrected chi connectivity index (χ1v) is 10.4. The van der Waals surface area contributed by atoms with Gasteiger partial charge in [-0.1, -0.05) is 42.5 Å². The molecule has 3 aromatic rings. The van der Waals surface area contributed by atoms with Crippen molar-refractivity contribution >= 4 is 18.4 Å². The Morgan fingerprint density at radius 1 is 0.871 bits per heavy atom. The molecule has 4 rings (SSSR count). The Balaban J connectivity index is 1.51. The lowest BCUT2D eigenvalue weighted by molar-refractivity contribution is 0.00578. The summed E-state index contributed by atoms with van der Waals surface area (Å²) in [5.41, 5.74) is 1.53. The van der Waals surface area contributed by atoms with Crippen LogP contribution in [0.2, 0.25) is 0 Å². The first-order chi connectivity index (χ1) is 14.7.